The molecule has 0 aromatic heterocycles. The first-order valence-electron chi connectivity index (χ1n) is 8.63. The van der Waals surface area contributed by atoms with Crippen LogP contribution in [0.2, 0.25) is 10.0 Å². The molecule has 0 radical (unpaired) electrons. The third-order valence-corrected chi connectivity index (χ3v) is 5.22. The molecule has 0 spiro atoms. The van der Waals surface area contributed by atoms with Crippen LogP contribution in [0.1, 0.15) is 12.0 Å². The van der Waals surface area contributed by atoms with Crippen LogP contribution < -0.4 is 10.2 Å². The average molecular weight is 421 g/mol. The van der Waals surface area contributed by atoms with Gasteiger partial charge in [-0.3, -0.25) is 14.4 Å². The summed E-state index contributed by atoms with van der Waals surface area (Å²) in [5.41, 5.74) is 1.87. The average Bonchev–Trinajstić information content (AvgIpc) is 3.05. The summed E-state index contributed by atoms with van der Waals surface area (Å²) in [6, 6.07) is 12.0. The van der Waals surface area contributed by atoms with E-state index in [0.29, 0.717) is 21.4 Å². The topological polar surface area (TPSA) is 75.7 Å². The molecule has 1 N–H and O–H groups in total. The third kappa shape index (κ3) is 4.46. The van der Waals surface area contributed by atoms with E-state index < -0.39 is 24.4 Å². The molecule has 3 rings (SSSR count). The predicted octanol–water partition coefficient (Wildman–Crippen LogP) is 3.84. The smallest absolute Gasteiger partial charge is 0.311 e. The Morgan fingerprint density at radius 3 is 2.61 bits per heavy atom. The van der Waals surface area contributed by atoms with Gasteiger partial charge in [0.1, 0.15) is 0 Å². The van der Waals surface area contributed by atoms with Crippen molar-refractivity contribution in [1.29, 1.82) is 0 Å². The molecule has 2 aromatic rings. The molecular formula is C20H18Cl2N2O4. The minimum absolute atomic E-state index is 0.0247. The molecule has 1 heterocycles. The van der Waals surface area contributed by atoms with Crippen molar-refractivity contribution >= 4 is 52.4 Å². The van der Waals surface area contributed by atoms with Crippen molar-refractivity contribution in [1.82, 2.24) is 0 Å². The fraction of sp³-hybridized carbons (Fsp3) is 0.250. The Kier molecular flexibility index (Phi) is 6.21. The summed E-state index contributed by atoms with van der Waals surface area (Å²) in [4.78, 5) is 38.2. The molecule has 1 fully saturated rings. The van der Waals surface area contributed by atoms with Gasteiger partial charge in [-0.05, 0) is 36.8 Å². The quantitative estimate of drug-likeness (QED) is 0.745. The van der Waals surface area contributed by atoms with Crippen molar-refractivity contribution in [3.8, 4) is 0 Å². The van der Waals surface area contributed by atoms with E-state index in [0.717, 1.165) is 5.56 Å². The predicted molar refractivity (Wildman–Crippen MR) is 108 cm³/mol. The van der Waals surface area contributed by atoms with Crippen LogP contribution in [0.15, 0.2) is 42.5 Å². The zero-order valence-electron chi connectivity index (χ0n) is 15.1. The Bertz CT molecular complexity index is 932. The number of benzene rings is 2. The third-order valence-electron chi connectivity index (χ3n) is 4.48. The number of hydrogen-bond donors (Lipinski definition) is 1. The molecule has 1 saturated heterocycles. The molecule has 28 heavy (non-hydrogen) atoms. The number of hydrogen-bond acceptors (Lipinski definition) is 4. The number of rotatable bonds is 5. The molecule has 1 aliphatic rings. The summed E-state index contributed by atoms with van der Waals surface area (Å²) in [6.07, 6.45) is 0.0247. The highest BCUT2D eigenvalue weighted by Crippen LogP contribution is 2.31. The number of para-hydroxylation sites is 1. The molecule has 1 aliphatic heterocycles. The highest BCUT2D eigenvalue weighted by molar-refractivity contribution is 6.33. The van der Waals surface area contributed by atoms with E-state index >= 15 is 0 Å². The summed E-state index contributed by atoms with van der Waals surface area (Å²) in [7, 11) is 0. The van der Waals surface area contributed by atoms with Crippen LogP contribution in [0, 0.1) is 12.8 Å². The van der Waals surface area contributed by atoms with Crippen molar-refractivity contribution in [3.63, 3.8) is 0 Å². The van der Waals surface area contributed by atoms with Crippen LogP contribution in [-0.2, 0) is 19.1 Å². The molecule has 0 bridgehead atoms. The first kappa shape index (κ1) is 20.2. The van der Waals surface area contributed by atoms with Gasteiger partial charge >= 0.3 is 5.97 Å². The highest BCUT2D eigenvalue weighted by Gasteiger charge is 2.37. The second kappa shape index (κ2) is 8.63. The number of esters is 1. The van der Waals surface area contributed by atoms with E-state index in [1.165, 1.54) is 4.90 Å². The largest absolute Gasteiger partial charge is 0.455 e. The van der Waals surface area contributed by atoms with Gasteiger partial charge in [0.25, 0.3) is 5.91 Å². The van der Waals surface area contributed by atoms with Gasteiger partial charge in [0.15, 0.2) is 6.61 Å². The van der Waals surface area contributed by atoms with Crippen molar-refractivity contribution < 1.29 is 19.1 Å². The van der Waals surface area contributed by atoms with Gasteiger partial charge in [-0.1, -0.05) is 41.4 Å². The monoisotopic (exact) mass is 420 g/mol. The zero-order chi connectivity index (χ0) is 20.3. The molecule has 2 amide bonds. The first-order valence-corrected chi connectivity index (χ1v) is 9.39. The Morgan fingerprint density at radius 1 is 1.14 bits per heavy atom. The maximum absolute atomic E-state index is 12.4. The standard InChI is InChI=1S/C20H18Cl2N2O4/c1-12-14(21)6-4-8-17(12)24-10-13(9-19(24)26)20(27)28-11-18(25)23-16-7-3-2-5-15(16)22/h2-8,13H,9-11H2,1H3,(H,23,25)/t13-/m1/s1. The number of carbonyl (C=O) groups is 3. The second-order valence-corrected chi connectivity index (χ2v) is 7.24. The normalized spacial score (nSPS) is 16.2. The van der Waals surface area contributed by atoms with Gasteiger partial charge in [0, 0.05) is 23.7 Å². The molecule has 2 aromatic carbocycles. The van der Waals surface area contributed by atoms with Crippen molar-refractivity contribution in [2.75, 3.05) is 23.4 Å². The van der Waals surface area contributed by atoms with Gasteiger partial charge in [-0.15, -0.1) is 0 Å². The minimum atomic E-state index is -0.640. The maximum atomic E-state index is 12.4. The van der Waals surface area contributed by atoms with E-state index in [1.54, 1.807) is 42.5 Å². The number of anilines is 2. The SMILES string of the molecule is Cc1c(Cl)cccc1N1C[C@H](C(=O)OCC(=O)Nc2ccccc2Cl)CC1=O. The van der Waals surface area contributed by atoms with Crippen molar-refractivity contribution in [2.45, 2.75) is 13.3 Å². The Balaban J connectivity index is 1.57. The lowest BCUT2D eigenvalue weighted by atomic mass is 10.1. The lowest BCUT2D eigenvalue weighted by Crippen LogP contribution is -2.28. The number of ether oxygens (including phenoxy) is 1. The van der Waals surface area contributed by atoms with Crippen LogP contribution in [0.5, 0.6) is 0 Å². The summed E-state index contributed by atoms with van der Waals surface area (Å²) in [6.45, 7) is 1.55. The molecule has 1 atom stereocenters. The van der Waals surface area contributed by atoms with Crippen LogP contribution >= 0.6 is 23.2 Å². The summed E-state index contributed by atoms with van der Waals surface area (Å²) < 4.78 is 5.09. The number of nitrogens with one attached hydrogen (secondary N) is 1. The zero-order valence-corrected chi connectivity index (χ0v) is 16.6. The second-order valence-electron chi connectivity index (χ2n) is 6.43. The number of carbonyl (C=O) groups excluding carboxylic acids is 3. The van der Waals surface area contributed by atoms with E-state index in [2.05, 4.69) is 5.32 Å². The van der Waals surface area contributed by atoms with Crippen LogP contribution in [0.4, 0.5) is 11.4 Å². The first-order chi connectivity index (χ1) is 13.4. The lowest BCUT2D eigenvalue weighted by Gasteiger charge is -2.19. The molecule has 0 unspecified atom stereocenters. The van der Waals surface area contributed by atoms with E-state index in [-0.39, 0.29) is 18.9 Å². The summed E-state index contributed by atoms with van der Waals surface area (Å²) in [5.74, 6) is -1.93. The van der Waals surface area contributed by atoms with E-state index in [9.17, 15) is 14.4 Å². The lowest BCUT2D eigenvalue weighted by molar-refractivity contribution is -0.151. The van der Waals surface area contributed by atoms with Crippen LogP contribution in [0.25, 0.3) is 0 Å². The number of amides is 2. The molecule has 6 nitrogen and oxygen atoms in total. The molecule has 146 valence electrons. The maximum Gasteiger partial charge on any atom is 0.311 e. The van der Waals surface area contributed by atoms with Crippen LogP contribution in [0.3, 0.4) is 0 Å². The van der Waals surface area contributed by atoms with E-state index in [4.69, 9.17) is 27.9 Å². The van der Waals surface area contributed by atoms with Crippen molar-refractivity contribution in [3.05, 3.63) is 58.1 Å². The Hall–Kier alpha value is -2.57. The minimum Gasteiger partial charge on any atom is -0.455 e. The van der Waals surface area contributed by atoms with Crippen molar-refractivity contribution in [2.24, 2.45) is 5.92 Å². The Morgan fingerprint density at radius 2 is 1.86 bits per heavy atom. The summed E-state index contributed by atoms with van der Waals surface area (Å²) >= 11 is 12.1. The van der Waals surface area contributed by atoms with Gasteiger partial charge in [0.2, 0.25) is 5.91 Å². The summed E-state index contributed by atoms with van der Waals surface area (Å²) in [5, 5.41) is 3.51. The molecule has 0 aliphatic carbocycles. The van der Waals surface area contributed by atoms with Gasteiger partial charge in [-0.25, -0.2) is 0 Å². The fourth-order valence-corrected chi connectivity index (χ4v) is 3.34. The van der Waals surface area contributed by atoms with Crippen LogP contribution in [-0.4, -0.2) is 30.9 Å². The Labute approximate surface area is 172 Å². The highest BCUT2D eigenvalue weighted by atomic mass is 35.5. The van der Waals surface area contributed by atoms with E-state index in [1.807, 2.05) is 6.92 Å². The number of halogens is 2. The molecular weight excluding hydrogens is 403 g/mol. The number of nitrogens with zero attached hydrogens (tertiary/aromatic N) is 1. The van der Waals surface area contributed by atoms with Gasteiger partial charge in [-0.2, -0.15) is 0 Å². The van der Waals surface area contributed by atoms with Gasteiger partial charge < -0.3 is 15.0 Å². The van der Waals surface area contributed by atoms with Gasteiger partial charge in [0.05, 0.1) is 16.6 Å². The molecule has 8 heteroatoms. The molecule has 0 saturated carbocycles. The fourth-order valence-electron chi connectivity index (χ4n) is 2.99.